The summed E-state index contributed by atoms with van der Waals surface area (Å²) >= 11 is 0. The largest absolute Gasteiger partial charge is 0.439 e. The lowest BCUT2D eigenvalue weighted by atomic mass is 10.1. The van der Waals surface area contributed by atoms with Crippen LogP contribution in [-0.2, 0) is 4.79 Å². The molecule has 0 radical (unpaired) electrons. The first-order chi connectivity index (χ1) is 14.9. The van der Waals surface area contributed by atoms with Crippen LogP contribution in [0.2, 0.25) is 0 Å². The topological polar surface area (TPSA) is 115 Å². The number of nitrogens with one attached hydrogen (secondary N) is 1. The van der Waals surface area contributed by atoms with E-state index < -0.39 is 5.91 Å². The number of anilines is 1. The van der Waals surface area contributed by atoms with Crippen LogP contribution >= 0.6 is 0 Å². The average Bonchev–Trinajstić information content (AvgIpc) is 3.00. The van der Waals surface area contributed by atoms with Gasteiger partial charge in [0, 0.05) is 28.5 Å². The number of carbonyl (C=O) groups is 3. The monoisotopic (exact) mass is 414 g/mol. The van der Waals surface area contributed by atoms with Gasteiger partial charge in [0.05, 0.1) is 11.9 Å². The minimum Gasteiger partial charge on any atom is -0.439 e. The van der Waals surface area contributed by atoms with Crippen molar-refractivity contribution in [3.8, 4) is 11.6 Å². The van der Waals surface area contributed by atoms with E-state index in [9.17, 15) is 14.4 Å². The van der Waals surface area contributed by atoms with Gasteiger partial charge in [0.2, 0.25) is 17.7 Å². The zero-order valence-corrected chi connectivity index (χ0v) is 16.4. The molecule has 2 heterocycles. The molecule has 3 aromatic rings. The van der Waals surface area contributed by atoms with E-state index in [0.717, 1.165) is 5.56 Å². The Morgan fingerprint density at radius 3 is 2.52 bits per heavy atom. The summed E-state index contributed by atoms with van der Waals surface area (Å²) in [6.07, 6.45) is 1.43. The third-order valence-corrected chi connectivity index (χ3v) is 4.70. The quantitative estimate of drug-likeness (QED) is 0.643. The maximum atomic E-state index is 12.5. The number of hydrogen-bond donors (Lipinski definition) is 2. The number of pyridine rings is 1. The Hall–Kier alpha value is -4.46. The molecule has 0 saturated carbocycles. The molecule has 3 amide bonds. The normalized spacial score (nSPS) is 12.5. The number of aromatic nitrogens is 1. The molecule has 4 rings (SSSR count). The number of nitrogens with two attached hydrogens (primary N) is 1. The fourth-order valence-corrected chi connectivity index (χ4v) is 3.19. The molecule has 2 aromatic carbocycles. The second kappa shape index (κ2) is 8.11. The van der Waals surface area contributed by atoms with Crippen LogP contribution in [0, 0.1) is 0 Å². The fourth-order valence-electron chi connectivity index (χ4n) is 3.19. The zero-order chi connectivity index (χ0) is 22.0. The first-order valence-corrected chi connectivity index (χ1v) is 9.36. The summed E-state index contributed by atoms with van der Waals surface area (Å²) in [5, 5.41) is 2.70. The summed E-state index contributed by atoms with van der Waals surface area (Å²) in [7, 11) is 0. The van der Waals surface area contributed by atoms with Crippen LogP contribution in [0.3, 0.4) is 0 Å². The summed E-state index contributed by atoms with van der Waals surface area (Å²) in [4.78, 5) is 41.7. The van der Waals surface area contributed by atoms with Gasteiger partial charge in [0.25, 0.3) is 5.91 Å². The molecule has 8 nitrogen and oxygen atoms in total. The van der Waals surface area contributed by atoms with Crippen LogP contribution in [0.4, 0.5) is 5.69 Å². The number of carbonyl (C=O) groups excluding carboxylic acids is 3. The third kappa shape index (κ3) is 4.13. The molecule has 8 heteroatoms. The van der Waals surface area contributed by atoms with Crippen LogP contribution in [0.25, 0.3) is 5.70 Å². The molecule has 0 aliphatic carbocycles. The second-order valence-corrected chi connectivity index (χ2v) is 6.81. The van der Waals surface area contributed by atoms with Gasteiger partial charge in [-0.1, -0.05) is 30.8 Å². The van der Waals surface area contributed by atoms with Gasteiger partial charge >= 0.3 is 0 Å². The highest BCUT2D eigenvalue weighted by Crippen LogP contribution is 2.30. The van der Waals surface area contributed by atoms with E-state index in [1.807, 2.05) is 6.07 Å². The van der Waals surface area contributed by atoms with Crippen molar-refractivity contribution in [2.24, 2.45) is 5.73 Å². The highest BCUT2D eigenvalue weighted by molar-refractivity contribution is 6.11. The summed E-state index contributed by atoms with van der Waals surface area (Å²) in [6.45, 7) is 3.76. The van der Waals surface area contributed by atoms with Crippen molar-refractivity contribution in [1.29, 1.82) is 0 Å². The van der Waals surface area contributed by atoms with Gasteiger partial charge in [-0.3, -0.25) is 19.3 Å². The maximum absolute atomic E-state index is 12.5. The molecular weight excluding hydrogens is 396 g/mol. The molecule has 0 spiro atoms. The number of fused-ring (bicyclic) bond motifs is 1. The maximum Gasteiger partial charge on any atom is 0.259 e. The van der Waals surface area contributed by atoms with Crippen LogP contribution in [0.15, 0.2) is 73.4 Å². The summed E-state index contributed by atoms with van der Waals surface area (Å²) in [5.74, 6) is -0.508. The lowest BCUT2D eigenvalue weighted by Crippen LogP contribution is -2.32. The number of hydrogen-bond acceptors (Lipinski definition) is 5. The Morgan fingerprint density at radius 2 is 1.84 bits per heavy atom. The van der Waals surface area contributed by atoms with E-state index >= 15 is 0 Å². The standard InChI is InChI=1S/C23H18N4O4/c1-14-18-7-2-3-8-19(18)23(30)27(14)13-20(28)26-16-9-10-21(25-12-16)31-17-6-4-5-15(11-17)22(24)29/h2-12H,1,13H2,(H2,24,29)(H,26,28). The molecule has 0 fully saturated rings. The third-order valence-electron chi connectivity index (χ3n) is 4.70. The van der Waals surface area contributed by atoms with Gasteiger partial charge in [-0.15, -0.1) is 0 Å². The summed E-state index contributed by atoms with van der Waals surface area (Å²) < 4.78 is 5.60. The van der Waals surface area contributed by atoms with Gasteiger partial charge in [-0.25, -0.2) is 4.98 Å². The predicted molar refractivity (Wildman–Crippen MR) is 114 cm³/mol. The first kappa shape index (κ1) is 19.8. The predicted octanol–water partition coefficient (Wildman–Crippen LogP) is 3.04. The Balaban J connectivity index is 1.38. The minimum absolute atomic E-state index is 0.162. The zero-order valence-electron chi connectivity index (χ0n) is 16.4. The van der Waals surface area contributed by atoms with Crippen molar-refractivity contribution in [3.05, 3.63) is 90.1 Å². The van der Waals surface area contributed by atoms with Crippen molar-refractivity contribution >= 4 is 29.1 Å². The van der Waals surface area contributed by atoms with E-state index in [0.29, 0.717) is 28.3 Å². The molecule has 0 bridgehead atoms. The lowest BCUT2D eigenvalue weighted by Gasteiger charge is -2.17. The Bertz CT molecular complexity index is 1170. The summed E-state index contributed by atoms with van der Waals surface area (Å²) in [5.41, 5.74) is 7.78. The lowest BCUT2D eigenvalue weighted by molar-refractivity contribution is -0.116. The second-order valence-electron chi connectivity index (χ2n) is 6.81. The minimum atomic E-state index is -0.557. The number of rotatable bonds is 6. The van der Waals surface area contributed by atoms with Crippen molar-refractivity contribution in [1.82, 2.24) is 9.88 Å². The smallest absolute Gasteiger partial charge is 0.259 e. The Kier molecular flexibility index (Phi) is 5.19. The highest BCUT2D eigenvalue weighted by Gasteiger charge is 2.31. The Labute approximate surface area is 178 Å². The molecule has 31 heavy (non-hydrogen) atoms. The molecule has 1 aliphatic rings. The average molecular weight is 414 g/mol. The molecule has 1 aliphatic heterocycles. The van der Waals surface area contributed by atoms with Crippen molar-refractivity contribution in [2.45, 2.75) is 0 Å². The van der Waals surface area contributed by atoms with Crippen LogP contribution in [0.5, 0.6) is 11.6 Å². The molecule has 0 saturated heterocycles. The van der Waals surface area contributed by atoms with Gasteiger partial charge in [0.1, 0.15) is 12.3 Å². The molecule has 154 valence electrons. The Morgan fingerprint density at radius 1 is 1.06 bits per heavy atom. The molecule has 0 atom stereocenters. The van der Waals surface area contributed by atoms with E-state index in [1.54, 1.807) is 48.5 Å². The number of nitrogens with zero attached hydrogens (tertiary/aromatic N) is 2. The van der Waals surface area contributed by atoms with E-state index in [-0.39, 0.29) is 24.2 Å². The van der Waals surface area contributed by atoms with Crippen molar-refractivity contribution < 1.29 is 19.1 Å². The first-order valence-electron chi connectivity index (χ1n) is 9.36. The highest BCUT2D eigenvalue weighted by atomic mass is 16.5. The van der Waals surface area contributed by atoms with Crippen LogP contribution in [-0.4, -0.2) is 34.2 Å². The van der Waals surface area contributed by atoms with Crippen molar-refractivity contribution in [3.63, 3.8) is 0 Å². The molecule has 1 aromatic heterocycles. The number of primary amides is 1. The van der Waals surface area contributed by atoms with E-state index in [4.69, 9.17) is 10.5 Å². The van der Waals surface area contributed by atoms with Gasteiger partial charge < -0.3 is 15.8 Å². The van der Waals surface area contributed by atoms with E-state index in [1.165, 1.54) is 17.2 Å². The SMILES string of the molecule is C=C1c2ccccc2C(=O)N1CC(=O)Nc1ccc(Oc2cccc(C(N)=O)c2)nc1. The van der Waals surface area contributed by atoms with Gasteiger partial charge in [-0.05, 0) is 30.3 Å². The molecule has 3 N–H and O–H groups in total. The van der Waals surface area contributed by atoms with Crippen molar-refractivity contribution in [2.75, 3.05) is 11.9 Å². The fraction of sp³-hybridized carbons (Fsp3) is 0.0435. The number of ether oxygens (including phenoxy) is 1. The number of benzene rings is 2. The summed E-state index contributed by atoms with van der Waals surface area (Å²) in [6, 6.07) is 16.7. The van der Waals surface area contributed by atoms with Gasteiger partial charge in [-0.2, -0.15) is 0 Å². The molecule has 0 unspecified atom stereocenters. The molecular formula is C23H18N4O4. The van der Waals surface area contributed by atoms with Crippen LogP contribution < -0.4 is 15.8 Å². The van der Waals surface area contributed by atoms with Crippen LogP contribution in [0.1, 0.15) is 26.3 Å². The van der Waals surface area contributed by atoms with E-state index in [2.05, 4.69) is 16.9 Å². The van der Waals surface area contributed by atoms with Gasteiger partial charge in [0.15, 0.2) is 0 Å². The number of amides is 3.